The Morgan fingerprint density at radius 2 is 1.82 bits per heavy atom. The van der Waals surface area contributed by atoms with Gasteiger partial charge < -0.3 is 9.80 Å². The molecule has 7 nitrogen and oxygen atoms in total. The van der Waals surface area contributed by atoms with Gasteiger partial charge in [-0.1, -0.05) is 11.6 Å². The standard InChI is InChI=1S/C28H29ClF3N5O2S/c1-14-4-18(29)6-21(22(14)12-37-15(2)8-36(9-16(37)3)27(39)28(30,31)32)24-25-23(33-13-34-24)7-19(40-25)11-35-10-17-5-20(17)26(35)38/h4,6-7,13,15-17,20H,5,8-12H2,1-3H3/t15-,16-,17?,20?/m0/s1. The van der Waals surface area contributed by atoms with Gasteiger partial charge in [-0.25, -0.2) is 9.97 Å². The molecular formula is C28H29ClF3N5O2S. The van der Waals surface area contributed by atoms with Crippen LogP contribution in [0.5, 0.6) is 0 Å². The highest BCUT2D eigenvalue weighted by Gasteiger charge is 2.52. The number of piperidine rings is 1. The molecule has 1 saturated carbocycles. The second-order valence-corrected chi connectivity index (χ2v) is 12.9. The number of aryl methyl sites for hydroxylation is 1. The molecular weight excluding hydrogens is 563 g/mol. The van der Waals surface area contributed by atoms with Gasteiger partial charge in [0, 0.05) is 59.6 Å². The van der Waals surface area contributed by atoms with Crippen molar-refractivity contribution in [3.63, 3.8) is 0 Å². The highest BCUT2D eigenvalue weighted by atomic mass is 35.5. The molecule has 0 N–H and O–H groups in total. The number of carbonyl (C=O) groups excluding carboxylic acids is 2. The quantitative estimate of drug-likeness (QED) is 0.404. The van der Waals surface area contributed by atoms with Gasteiger partial charge in [0.05, 0.1) is 22.5 Å². The van der Waals surface area contributed by atoms with Crippen molar-refractivity contribution in [3.05, 3.63) is 45.6 Å². The smallest absolute Gasteiger partial charge is 0.337 e. The van der Waals surface area contributed by atoms with Crippen molar-refractivity contribution < 1.29 is 22.8 Å². The first-order valence-electron chi connectivity index (χ1n) is 13.3. The Labute approximate surface area is 238 Å². The summed E-state index contributed by atoms with van der Waals surface area (Å²) in [5.74, 6) is -0.840. The van der Waals surface area contributed by atoms with Gasteiger partial charge >= 0.3 is 12.1 Å². The van der Waals surface area contributed by atoms with Gasteiger partial charge in [0.1, 0.15) is 6.33 Å². The van der Waals surface area contributed by atoms with E-state index < -0.39 is 12.1 Å². The van der Waals surface area contributed by atoms with E-state index in [0.29, 0.717) is 24.0 Å². The van der Waals surface area contributed by atoms with Gasteiger partial charge in [-0.2, -0.15) is 13.2 Å². The minimum absolute atomic E-state index is 0.00632. The van der Waals surface area contributed by atoms with Gasteiger partial charge in [0.2, 0.25) is 5.91 Å². The van der Waals surface area contributed by atoms with Crippen molar-refractivity contribution in [1.29, 1.82) is 0 Å². The van der Waals surface area contributed by atoms with E-state index in [1.165, 1.54) is 6.33 Å². The zero-order valence-electron chi connectivity index (χ0n) is 22.3. The average molecular weight is 592 g/mol. The summed E-state index contributed by atoms with van der Waals surface area (Å²) in [6.45, 7) is 7.47. The monoisotopic (exact) mass is 591 g/mol. The Hall–Kier alpha value is -2.76. The molecule has 2 aliphatic heterocycles. The third-order valence-electron chi connectivity index (χ3n) is 8.38. The summed E-state index contributed by atoms with van der Waals surface area (Å²) < 4.78 is 40.2. The van der Waals surface area contributed by atoms with E-state index in [4.69, 9.17) is 11.6 Å². The summed E-state index contributed by atoms with van der Waals surface area (Å²) in [7, 11) is 0. The molecule has 3 aromatic rings. The maximum Gasteiger partial charge on any atom is 0.471 e. The summed E-state index contributed by atoms with van der Waals surface area (Å²) in [5.41, 5.74) is 4.30. The number of carbonyl (C=O) groups is 2. The van der Waals surface area contributed by atoms with E-state index >= 15 is 0 Å². The number of amides is 2. The third-order valence-corrected chi connectivity index (χ3v) is 9.71. The first-order chi connectivity index (χ1) is 18.9. The molecule has 40 heavy (non-hydrogen) atoms. The SMILES string of the molecule is Cc1cc(Cl)cc(-c2ncnc3cc(CN4CC5CC5C4=O)sc23)c1CN1[C@@H](C)CN(C(=O)C(F)(F)F)C[C@@H]1C. The van der Waals surface area contributed by atoms with Crippen LogP contribution in [0.25, 0.3) is 21.5 Å². The molecule has 0 spiro atoms. The normalized spacial score (nSPS) is 25.1. The van der Waals surface area contributed by atoms with E-state index in [9.17, 15) is 22.8 Å². The number of rotatable bonds is 5. The summed E-state index contributed by atoms with van der Waals surface area (Å²) in [6.07, 6.45) is -2.35. The second kappa shape index (κ2) is 9.95. The molecule has 1 aliphatic carbocycles. The molecule has 12 heteroatoms. The molecule has 2 aromatic heterocycles. The molecule has 3 aliphatic rings. The Kier molecular flexibility index (Phi) is 6.82. The lowest BCUT2D eigenvalue weighted by Crippen LogP contribution is -2.59. The number of piperazine rings is 1. The third kappa shape index (κ3) is 4.96. The second-order valence-electron chi connectivity index (χ2n) is 11.3. The lowest BCUT2D eigenvalue weighted by atomic mass is 9.96. The van der Waals surface area contributed by atoms with Crippen LogP contribution in [0.1, 0.15) is 36.3 Å². The lowest BCUT2D eigenvalue weighted by molar-refractivity contribution is -0.189. The Balaban J connectivity index is 1.31. The highest BCUT2D eigenvalue weighted by molar-refractivity contribution is 7.19. The number of benzene rings is 1. The molecule has 6 rings (SSSR count). The van der Waals surface area contributed by atoms with Crippen molar-refractivity contribution in [2.75, 3.05) is 19.6 Å². The average Bonchev–Trinajstić information content (AvgIpc) is 3.42. The minimum atomic E-state index is -4.89. The number of thiophene rings is 1. The van der Waals surface area contributed by atoms with Gasteiger partial charge in [0.25, 0.3) is 0 Å². The van der Waals surface area contributed by atoms with Crippen molar-refractivity contribution in [2.45, 2.75) is 58.5 Å². The molecule has 1 aromatic carbocycles. The van der Waals surface area contributed by atoms with Crippen molar-refractivity contribution in [2.24, 2.45) is 11.8 Å². The summed E-state index contributed by atoms with van der Waals surface area (Å²) >= 11 is 8.09. The fraction of sp³-hybridized carbons (Fsp3) is 0.500. The molecule has 2 unspecified atom stereocenters. The van der Waals surface area contributed by atoms with Crippen LogP contribution in [0, 0.1) is 18.8 Å². The van der Waals surface area contributed by atoms with Crippen LogP contribution in [0.3, 0.4) is 0 Å². The fourth-order valence-corrected chi connectivity index (χ4v) is 7.66. The molecule has 3 fully saturated rings. The van der Waals surface area contributed by atoms with Crippen molar-refractivity contribution in [1.82, 2.24) is 24.7 Å². The number of hydrogen-bond donors (Lipinski definition) is 0. The number of aromatic nitrogens is 2. The lowest BCUT2D eigenvalue weighted by Gasteiger charge is -2.45. The molecule has 4 atom stereocenters. The van der Waals surface area contributed by atoms with E-state index in [1.807, 2.05) is 43.9 Å². The van der Waals surface area contributed by atoms with E-state index in [0.717, 1.165) is 55.3 Å². The first-order valence-corrected chi connectivity index (χ1v) is 14.5. The number of nitrogens with zero attached hydrogens (tertiary/aromatic N) is 5. The number of alkyl halides is 3. The largest absolute Gasteiger partial charge is 0.471 e. The van der Waals surface area contributed by atoms with Gasteiger partial charge in [-0.3, -0.25) is 14.5 Å². The maximum atomic E-state index is 13.1. The van der Waals surface area contributed by atoms with Gasteiger partial charge in [0.15, 0.2) is 0 Å². The molecule has 2 saturated heterocycles. The molecule has 212 valence electrons. The fourth-order valence-electron chi connectivity index (χ4n) is 6.25. The topological polar surface area (TPSA) is 69.6 Å². The molecule has 0 radical (unpaired) electrons. The summed E-state index contributed by atoms with van der Waals surface area (Å²) in [5, 5.41) is 0.559. The van der Waals surface area contributed by atoms with Crippen LogP contribution < -0.4 is 0 Å². The number of hydrogen-bond acceptors (Lipinski definition) is 6. The van der Waals surface area contributed by atoms with Gasteiger partial charge in [-0.15, -0.1) is 11.3 Å². The zero-order valence-corrected chi connectivity index (χ0v) is 23.9. The number of fused-ring (bicyclic) bond motifs is 2. The van der Waals surface area contributed by atoms with Crippen LogP contribution in [0.2, 0.25) is 5.02 Å². The van der Waals surface area contributed by atoms with Crippen LogP contribution >= 0.6 is 22.9 Å². The highest BCUT2D eigenvalue weighted by Crippen LogP contribution is 2.47. The predicted octanol–water partition coefficient (Wildman–Crippen LogP) is 5.28. The summed E-state index contributed by atoms with van der Waals surface area (Å²) in [4.78, 5) is 39.6. The minimum Gasteiger partial charge on any atom is -0.337 e. The Morgan fingerprint density at radius 1 is 1.10 bits per heavy atom. The van der Waals surface area contributed by atoms with Crippen LogP contribution in [-0.2, 0) is 22.7 Å². The van der Waals surface area contributed by atoms with Crippen LogP contribution in [0.4, 0.5) is 13.2 Å². The number of likely N-dealkylation sites (tertiary alicyclic amines) is 1. The molecule has 0 bridgehead atoms. The first kappa shape index (κ1) is 27.4. The van der Waals surface area contributed by atoms with E-state index in [-0.39, 0.29) is 37.0 Å². The Bertz CT molecular complexity index is 1500. The maximum absolute atomic E-state index is 13.1. The predicted molar refractivity (Wildman–Crippen MR) is 147 cm³/mol. The van der Waals surface area contributed by atoms with Gasteiger partial charge in [-0.05, 0) is 62.4 Å². The van der Waals surface area contributed by atoms with Crippen LogP contribution in [-0.4, -0.2) is 74.4 Å². The van der Waals surface area contributed by atoms with E-state index in [1.54, 1.807) is 11.3 Å². The van der Waals surface area contributed by atoms with E-state index in [2.05, 4.69) is 14.9 Å². The van der Waals surface area contributed by atoms with Crippen LogP contribution in [0.15, 0.2) is 24.5 Å². The zero-order chi connectivity index (χ0) is 28.5. The number of halogens is 4. The summed E-state index contributed by atoms with van der Waals surface area (Å²) in [6, 6.07) is 5.19. The van der Waals surface area contributed by atoms with Crippen molar-refractivity contribution in [3.8, 4) is 11.3 Å². The molecule has 4 heterocycles. The Morgan fingerprint density at radius 3 is 2.48 bits per heavy atom. The molecule has 2 amide bonds. The van der Waals surface area contributed by atoms with Crippen molar-refractivity contribution >= 4 is 45.0 Å².